The summed E-state index contributed by atoms with van der Waals surface area (Å²) >= 11 is 2.80. The van der Waals surface area contributed by atoms with Crippen molar-refractivity contribution in [2.24, 2.45) is 23.7 Å². The van der Waals surface area contributed by atoms with E-state index in [0.717, 1.165) is 17.8 Å². The zero-order chi connectivity index (χ0) is 26.6. The predicted molar refractivity (Wildman–Crippen MR) is 160 cm³/mol. The topological polar surface area (TPSA) is 0 Å². The Bertz CT molecular complexity index is 802. The summed E-state index contributed by atoms with van der Waals surface area (Å²) in [6.07, 6.45) is 27.5. The van der Waals surface area contributed by atoms with Gasteiger partial charge < -0.3 is 24.8 Å². The largest absolute Gasteiger partial charge is 1.00 e. The van der Waals surface area contributed by atoms with E-state index >= 15 is 0 Å². The van der Waals surface area contributed by atoms with E-state index in [1.165, 1.54) is 86.1 Å². The van der Waals surface area contributed by atoms with E-state index in [1.54, 1.807) is 38.5 Å². The molecule has 5 aliphatic carbocycles. The molecule has 39 heavy (non-hydrogen) atoms. The van der Waals surface area contributed by atoms with E-state index < -0.39 is 8.96 Å². The van der Waals surface area contributed by atoms with Crippen LogP contribution in [0.1, 0.15) is 150 Å². The van der Waals surface area contributed by atoms with E-state index in [0.29, 0.717) is 11.5 Å². The maximum atomic E-state index is 2.80. The average molecular weight is 631 g/mol. The van der Waals surface area contributed by atoms with Gasteiger partial charge in [-0.05, 0) is 0 Å². The van der Waals surface area contributed by atoms with Gasteiger partial charge in [0.1, 0.15) is 0 Å². The average Bonchev–Trinajstić information content (AvgIpc) is 3.13. The number of halogens is 2. The van der Waals surface area contributed by atoms with Crippen LogP contribution in [0.25, 0.3) is 0 Å². The Balaban J connectivity index is 0.00000267. The molecule has 5 aliphatic rings. The van der Waals surface area contributed by atoms with Crippen LogP contribution in [0.15, 0.2) is 22.4 Å². The van der Waals surface area contributed by atoms with Gasteiger partial charge in [0.05, 0.1) is 0 Å². The Labute approximate surface area is 270 Å². The zero-order valence-corrected chi connectivity index (χ0v) is 30.8. The maximum absolute atomic E-state index is 2.80. The van der Waals surface area contributed by atoms with Gasteiger partial charge in [-0.3, -0.25) is 0 Å². The van der Waals surface area contributed by atoms with Crippen molar-refractivity contribution in [1.82, 2.24) is 0 Å². The Hall–Kier alpha value is 0.951. The number of hydrogen-bond donors (Lipinski definition) is 0. The van der Waals surface area contributed by atoms with Gasteiger partial charge in [0.15, 0.2) is 0 Å². The molecule has 0 amide bonds. The van der Waals surface area contributed by atoms with Crippen molar-refractivity contribution in [2.75, 3.05) is 0 Å². The van der Waals surface area contributed by atoms with Crippen LogP contribution in [0.3, 0.4) is 0 Å². The molecule has 2 atom stereocenters. The van der Waals surface area contributed by atoms with Crippen LogP contribution in [-0.4, -0.2) is 17.1 Å². The van der Waals surface area contributed by atoms with Gasteiger partial charge >= 0.3 is 247 Å². The summed E-state index contributed by atoms with van der Waals surface area (Å²) in [7, 11) is -0.989. The van der Waals surface area contributed by atoms with E-state index in [4.69, 9.17) is 0 Å². The summed E-state index contributed by atoms with van der Waals surface area (Å²) in [6.45, 7) is 15.3. The Morgan fingerprint density at radius 3 is 1.67 bits per heavy atom. The maximum Gasteiger partial charge on any atom is -1.00 e. The van der Waals surface area contributed by atoms with Gasteiger partial charge in [-0.15, -0.1) is 0 Å². The van der Waals surface area contributed by atoms with Crippen LogP contribution in [0.4, 0.5) is 0 Å². The third kappa shape index (κ3) is 7.37. The molecule has 4 bridgehead atoms. The SMILES string of the molecule is CCCCCCCCC1=C(CCCCCC)C(CC)=C([N+]([Ti])([SiH](C)C)C23CC4CC(CC(C4)C2)C3)C1C.[Cl-].[Cl-]. The molecule has 0 saturated heterocycles. The molecule has 5 rings (SSSR count). The van der Waals surface area contributed by atoms with E-state index in [2.05, 4.69) is 61.5 Å². The first kappa shape index (κ1) is 36.1. The molecular formula is C34H61Cl2NSiTi-. The second-order valence-electron chi connectivity index (χ2n) is 14.2. The second-order valence-corrected chi connectivity index (χ2v) is 19.1. The van der Waals surface area contributed by atoms with Gasteiger partial charge in [-0.1, -0.05) is 0 Å². The van der Waals surface area contributed by atoms with Crippen LogP contribution in [0, 0.1) is 23.7 Å². The third-order valence-corrected chi connectivity index (χ3v) is 17.2. The van der Waals surface area contributed by atoms with Crippen molar-refractivity contribution in [1.29, 1.82) is 0 Å². The number of rotatable bonds is 16. The van der Waals surface area contributed by atoms with E-state index in [1.807, 2.05) is 22.4 Å². The minimum Gasteiger partial charge on any atom is -1.00 e. The quantitative estimate of drug-likeness (QED) is 0.174. The van der Waals surface area contributed by atoms with Crippen molar-refractivity contribution >= 4 is 8.96 Å². The summed E-state index contributed by atoms with van der Waals surface area (Å²) < 4.78 is 1.42. The van der Waals surface area contributed by atoms with Crippen LogP contribution in [0.5, 0.6) is 0 Å². The van der Waals surface area contributed by atoms with E-state index in [-0.39, 0.29) is 24.8 Å². The molecule has 0 aromatic rings. The zero-order valence-electron chi connectivity index (χ0n) is 26.5. The fraction of sp³-hybridized carbons (Fsp3) is 0.882. The minimum absolute atomic E-state index is 0. The monoisotopic (exact) mass is 629 g/mol. The molecule has 0 aliphatic heterocycles. The van der Waals surface area contributed by atoms with Crippen LogP contribution in [-0.2, 0) is 20.7 Å². The summed E-state index contributed by atoms with van der Waals surface area (Å²) in [5, 5.41) is 0. The molecule has 225 valence electrons. The summed E-state index contributed by atoms with van der Waals surface area (Å²) in [4.78, 5) is 0. The molecule has 1 nitrogen and oxygen atoms in total. The van der Waals surface area contributed by atoms with Crippen molar-refractivity contribution in [3.05, 3.63) is 22.4 Å². The van der Waals surface area contributed by atoms with Crippen molar-refractivity contribution in [3.63, 3.8) is 0 Å². The minimum atomic E-state index is -0.989. The van der Waals surface area contributed by atoms with Crippen molar-refractivity contribution in [3.8, 4) is 0 Å². The third-order valence-electron chi connectivity index (χ3n) is 11.3. The first-order chi connectivity index (χ1) is 17.8. The smallest absolute Gasteiger partial charge is 1.00 e. The molecule has 4 saturated carbocycles. The molecule has 4 fully saturated rings. The number of quaternary nitrogens is 1. The molecule has 0 aromatic heterocycles. The van der Waals surface area contributed by atoms with Crippen LogP contribution >= 0.6 is 0 Å². The van der Waals surface area contributed by atoms with Crippen molar-refractivity contribution < 1.29 is 48.1 Å². The Morgan fingerprint density at radius 2 is 1.18 bits per heavy atom. The van der Waals surface area contributed by atoms with Gasteiger partial charge in [0, 0.05) is 0 Å². The van der Waals surface area contributed by atoms with Crippen LogP contribution in [0.2, 0.25) is 13.1 Å². The molecule has 0 aromatic carbocycles. The molecule has 0 heterocycles. The summed E-state index contributed by atoms with van der Waals surface area (Å²) in [5.41, 5.74) is 8.17. The van der Waals surface area contributed by atoms with Gasteiger partial charge in [0.2, 0.25) is 0 Å². The molecule has 0 spiro atoms. The standard InChI is InChI=1S/C34H61NSi.2ClH.Ti/c1-7-10-12-14-15-17-18-31-26(4)33(30(9-3)32(31)19-16-13-11-8-2)35(36(5)6)34-23-27-20-28(24-34)22-29(21-27)25-34;;;/h26-29,36H,7-25H2,1-6H3;2*1H;/q;;;+1/p-2. The van der Waals surface area contributed by atoms with Gasteiger partial charge in [0.25, 0.3) is 0 Å². The molecule has 5 heteroatoms. The summed E-state index contributed by atoms with van der Waals surface area (Å²) in [6, 6.07) is 0. The molecular weight excluding hydrogens is 569 g/mol. The molecule has 0 radical (unpaired) electrons. The normalized spacial score (nSPS) is 31.0. The first-order valence-electron chi connectivity index (χ1n) is 16.9. The number of allylic oxidation sites excluding steroid dienone is 3. The fourth-order valence-electron chi connectivity index (χ4n) is 10.0. The molecule has 0 N–H and O–H groups in total. The fourth-order valence-corrected chi connectivity index (χ4v) is 13.3. The van der Waals surface area contributed by atoms with E-state index in [9.17, 15) is 0 Å². The van der Waals surface area contributed by atoms with Crippen molar-refractivity contribution in [2.45, 2.75) is 168 Å². The van der Waals surface area contributed by atoms with Crippen LogP contribution < -0.4 is 24.8 Å². The Morgan fingerprint density at radius 1 is 0.718 bits per heavy atom. The number of nitrogens with zero attached hydrogens (tertiary/aromatic N) is 1. The number of hydrogen-bond acceptors (Lipinski definition) is 0. The first-order valence-corrected chi connectivity index (χ1v) is 20.4. The van der Waals surface area contributed by atoms with Gasteiger partial charge in [-0.25, -0.2) is 0 Å². The molecule has 2 unspecified atom stereocenters. The Kier molecular flexibility index (Phi) is 15.0. The summed E-state index contributed by atoms with van der Waals surface area (Å²) in [5.74, 6) is 3.83. The number of unbranched alkanes of at least 4 members (excludes halogenated alkanes) is 8. The van der Waals surface area contributed by atoms with Gasteiger partial charge in [-0.2, -0.15) is 0 Å². The predicted octanol–water partition coefficient (Wildman–Crippen LogP) is 4.56. The second kappa shape index (κ2) is 16.1.